The van der Waals surface area contributed by atoms with Crippen molar-refractivity contribution in [1.29, 1.82) is 0 Å². The van der Waals surface area contributed by atoms with Crippen LogP contribution in [-0.4, -0.2) is 24.0 Å². The van der Waals surface area contributed by atoms with Crippen molar-refractivity contribution >= 4 is 0 Å². The summed E-state index contributed by atoms with van der Waals surface area (Å²) in [6.07, 6.45) is 1.13. The molecule has 2 atom stereocenters. The fourth-order valence-electron chi connectivity index (χ4n) is 2.65. The minimum absolute atomic E-state index is 0.0981. The van der Waals surface area contributed by atoms with Gasteiger partial charge in [-0.2, -0.15) is 0 Å². The van der Waals surface area contributed by atoms with E-state index in [0.29, 0.717) is 18.5 Å². The van der Waals surface area contributed by atoms with Crippen LogP contribution in [0.15, 0.2) is 18.2 Å². The van der Waals surface area contributed by atoms with Crippen LogP contribution in [-0.2, 0) is 6.54 Å². The van der Waals surface area contributed by atoms with Gasteiger partial charge < -0.3 is 5.73 Å². The van der Waals surface area contributed by atoms with Crippen molar-refractivity contribution in [3.63, 3.8) is 0 Å². The van der Waals surface area contributed by atoms with Gasteiger partial charge in [0.1, 0.15) is 5.82 Å². The number of likely N-dealkylation sites (tertiary alicyclic amines) is 1. The Bertz CT molecular complexity index is 392. The van der Waals surface area contributed by atoms with E-state index in [1.54, 1.807) is 6.07 Å². The van der Waals surface area contributed by atoms with Crippen molar-refractivity contribution in [1.82, 2.24) is 4.90 Å². The van der Waals surface area contributed by atoms with Crippen LogP contribution in [0, 0.1) is 18.7 Å². The number of rotatable bonds is 3. The lowest BCUT2D eigenvalue weighted by atomic mass is 10.1. The molecule has 0 radical (unpaired) electrons. The van der Waals surface area contributed by atoms with Crippen LogP contribution >= 0.6 is 0 Å². The van der Waals surface area contributed by atoms with E-state index >= 15 is 0 Å². The second-order valence-corrected chi connectivity index (χ2v) is 5.21. The molecule has 1 aliphatic rings. The van der Waals surface area contributed by atoms with Crippen LogP contribution in [0.2, 0.25) is 0 Å². The molecule has 2 unspecified atom stereocenters. The molecule has 3 heteroatoms. The predicted molar refractivity (Wildman–Crippen MR) is 68.2 cm³/mol. The summed E-state index contributed by atoms with van der Waals surface area (Å²) in [4.78, 5) is 2.33. The second kappa shape index (κ2) is 5.15. The van der Waals surface area contributed by atoms with Crippen molar-refractivity contribution in [2.24, 2.45) is 11.7 Å². The minimum atomic E-state index is -0.0981. The summed E-state index contributed by atoms with van der Waals surface area (Å²) < 4.78 is 13.7. The first kappa shape index (κ1) is 12.5. The smallest absolute Gasteiger partial charge is 0.127 e. The van der Waals surface area contributed by atoms with Crippen LogP contribution in [0.25, 0.3) is 0 Å². The molecule has 17 heavy (non-hydrogen) atoms. The highest BCUT2D eigenvalue weighted by Crippen LogP contribution is 2.25. The summed E-state index contributed by atoms with van der Waals surface area (Å²) in [5, 5.41) is 0. The maximum Gasteiger partial charge on any atom is 0.127 e. The minimum Gasteiger partial charge on any atom is -0.330 e. The Balaban J connectivity index is 2.08. The second-order valence-electron chi connectivity index (χ2n) is 5.21. The standard InChI is InChI=1S/C14H21FN2/c1-10-3-4-14(15)13(5-10)9-17-8-12(7-16)6-11(17)2/h3-5,11-12H,6-9,16H2,1-2H3. The molecule has 2 N–H and O–H groups in total. The summed E-state index contributed by atoms with van der Waals surface area (Å²) in [5.41, 5.74) is 7.62. The number of nitrogens with two attached hydrogens (primary N) is 1. The van der Waals surface area contributed by atoms with Crippen molar-refractivity contribution in [3.8, 4) is 0 Å². The number of nitrogens with zero attached hydrogens (tertiary/aromatic N) is 1. The zero-order valence-electron chi connectivity index (χ0n) is 10.6. The molecule has 0 aliphatic carbocycles. The van der Waals surface area contributed by atoms with Crippen LogP contribution in [0.1, 0.15) is 24.5 Å². The molecule has 0 amide bonds. The van der Waals surface area contributed by atoms with Gasteiger partial charge in [0, 0.05) is 24.7 Å². The Hall–Kier alpha value is -0.930. The van der Waals surface area contributed by atoms with E-state index in [1.165, 1.54) is 0 Å². The molecule has 94 valence electrons. The van der Waals surface area contributed by atoms with Crippen LogP contribution in [0.5, 0.6) is 0 Å². The summed E-state index contributed by atoms with van der Waals surface area (Å²) in [5.74, 6) is 0.469. The van der Waals surface area contributed by atoms with E-state index < -0.39 is 0 Å². The van der Waals surface area contributed by atoms with Gasteiger partial charge in [0.15, 0.2) is 0 Å². The van der Waals surface area contributed by atoms with Crippen LogP contribution in [0.4, 0.5) is 4.39 Å². The third kappa shape index (κ3) is 2.85. The zero-order valence-corrected chi connectivity index (χ0v) is 10.6. The molecule has 0 saturated carbocycles. The molecule has 1 aromatic carbocycles. The average Bonchev–Trinajstić information content (AvgIpc) is 2.65. The topological polar surface area (TPSA) is 29.3 Å². The monoisotopic (exact) mass is 236 g/mol. The summed E-state index contributed by atoms with van der Waals surface area (Å²) >= 11 is 0. The first-order chi connectivity index (χ1) is 8.10. The Morgan fingerprint density at radius 1 is 1.47 bits per heavy atom. The van der Waals surface area contributed by atoms with Gasteiger partial charge >= 0.3 is 0 Å². The molecule has 0 bridgehead atoms. The van der Waals surface area contributed by atoms with Crippen LogP contribution in [0.3, 0.4) is 0 Å². The molecule has 2 rings (SSSR count). The molecule has 0 spiro atoms. The molecule has 2 nitrogen and oxygen atoms in total. The predicted octanol–water partition coefficient (Wildman–Crippen LogP) is 2.30. The number of benzene rings is 1. The molecule has 1 aliphatic heterocycles. The molecule has 1 fully saturated rings. The lowest BCUT2D eigenvalue weighted by Gasteiger charge is -2.21. The molecule has 1 aromatic rings. The number of halogens is 1. The van der Waals surface area contributed by atoms with Crippen molar-refractivity contribution in [2.75, 3.05) is 13.1 Å². The average molecular weight is 236 g/mol. The van der Waals surface area contributed by atoms with Crippen molar-refractivity contribution in [2.45, 2.75) is 32.9 Å². The van der Waals surface area contributed by atoms with Gasteiger partial charge in [-0.1, -0.05) is 17.7 Å². The Morgan fingerprint density at radius 3 is 2.88 bits per heavy atom. The lowest BCUT2D eigenvalue weighted by Crippen LogP contribution is -2.27. The van der Waals surface area contributed by atoms with Gasteiger partial charge in [-0.3, -0.25) is 4.90 Å². The van der Waals surface area contributed by atoms with E-state index in [1.807, 2.05) is 19.1 Å². The first-order valence-corrected chi connectivity index (χ1v) is 6.29. The van der Waals surface area contributed by atoms with Gasteiger partial charge in [0.25, 0.3) is 0 Å². The van der Waals surface area contributed by atoms with E-state index in [9.17, 15) is 4.39 Å². The Kier molecular flexibility index (Phi) is 3.79. The summed E-state index contributed by atoms with van der Waals surface area (Å²) in [6.45, 7) is 6.62. The van der Waals surface area contributed by atoms with Crippen molar-refractivity contribution in [3.05, 3.63) is 35.1 Å². The molecule has 1 saturated heterocycles. The van der Waals surface area contributed by atoms with E-state index in [4.69, 9.17) is 5.73 Å². The molecule has 1 heterocycles. The van der Waals surface area contributed by atoms with E-state index in [0.717, 1.165) is 30.6 Å². The SMILES string of the molecule is Cc1ccc(F)c(CN2CC(CN)CC2C)c1. The Morgan fingerprint density at radius 2 is 2.24 bits per heavy atom. The highest BCUT2D eigenvalue weighted by molar-refractivity contribution is 5.24. The van der Waals surface area contributed by atoms with Gasteiger partial charge in [-0.15, -0.1) is 0 Å². The first-order valence-electron chi connectivity index (χ1n) is 6.29. The highest BCUT2D eigenvalue weighted by Gasteiger charge is 2.28. The van der Waals surface area contributed by atoms with Gasteiger partial charge in [0.2, 0.25) is 0 Å². The molecular formula is C14H21FN2. The number of hydrogen-bond donors (Lipinski definition) is 1. The van der Waals surface area contributed by atoms with Gasteiger partial charge in [-0.25, -0.2) is 4.39 Å². The fraction of sp³-hybridized carbons (Fsp3) is 0.571. The molecule has 0 aromatic heterocycles. The van der Waals surface area contributed by atoms with E-state index in [-0.39, 0.29) is 5.82 Å². The molecular weight excluding hydrogens is 215 g/mol. The largest absolute Gasteiger partial charge is 0.330 e. The normalized spacial score (nSPS) is 25.4. The van der Waals surface area contributed by atoms with Gasteiger partial charge in [-0.05, 0) is 38.8 Å². The van der Waals surface area contributed by atoms with Crippen LogP contribution < -0.4 is 5.73 Å². The van der Waals surface area contributed by atoms with E-state index in [2.05, 4.69) is 11.8 Å². The summed E-state index contributed by atoms with van der Waals surface area (Å²) in [7, 11) is 0. The quantitative estimate of drug-likeness (QED) is 0.872. The zero-order chi connectivity index (χ0) is 12.4. The maximum atomic E-state index is 13.7. The summed E-state index contributed by atoms with van der Waals surface area (Å²) in [6, 6.07) is 5.82. The number of aryl methyl sites for hydroxylation is 1. The third-order valence-corrected chi connectivity index (χ3v) is 3.70. The maximum absolute atomic E-state index is 13.7. The number of hydrogen-bond acceptors (Lipinski definition) is 2. The fourth-order valence-corrected chi connectivity index (χ4v) is 2.65. The lowest BCUT2D eigenvalue weighted by molar-refractivity contribution is 0.252. The highest BCUT2D eigenvalue weighted by atomic mass is 19.1. The van der Waals surface area contributed by atoms with Crippen molar-refractivity contribution < 1.29 is 4.39 Å². The third-order valence-electron chi connectivity index (χ3n) is 3.70. The van der Waals surface area contributed by atoms with Gasteiger partial charge in [0.05, 0.1) is 0 Å². The Labute approximate surface area is 103 Å².